The van der Waals surface area contributed by atoms with Crippen LogP contribution in [0.4, 0.5) is 0 Å². The quantitative estimate of drug-likeness (QED) is 0.168. The van der Waals surface area contributed by atoms with Crippen LogP contribution in [0, 0.1) is 17.8 Å². The van der Waals surface area contributed by atoms with Gasteiger partial charge >= 0.3 is 8.25 Å². The van der Waals surface area contributed by atoms with Crippen molar-refractivity contribution in [1.82, 2.24) is 14.8 Å². The third-order valence-electron chi connectivity index (χ3n) is 7.13. The van der Waals surface area contributed by atoms with E-state index < -0.39 is 13.8 Å². The summed E-state index contributed by atoms with van der Waals surface area (Å²) in [4.78, 5) is 19.1. The Morgan fingerprint density at radius 2 is 1.18 bits per heavy atom. The maximum absolute atomic E-state index is 8.74. The third kappa shape index (κ3) is 5.82. The van der Waals surface area contributed by atoms with Crippen molar-refractivity contribution in [2.75, 3.05) is 0 Å². The lowest BCUT2D eigenvalue weighted by Crippen LogP contribution is -2.38. The number of rotatable bonds is 8. The van der Waals surface area contributed by atoms with E-state index in [0.717, 1.165) is 22.5 Å². The summed E-state index contributed by atoms with van der Waals surface area (Å²) < 4.78 is 17.0. The number of aromatic nitrogens is 3. The van der Waals surface area contributed by atoms with Gasteiger partial charge in [-0.2, -0.15) is 5.10 Å². The minimum Gasteiger partial charge on any atom is -0.361 e. The highest BCUT2D eigenvalue weighted by atomic mass is 31.1. The van der Waals surface area contributed by atoms with E-state index in [1.165, 1.54) is 0 Å². The lowest BCUT2D eigenvalue weighted by atomic mass is 9.77. The topological polar surface area (TPSA) is 101 Å². The standard InChI is InChI=1S/C30H33N3O.H3O3P/c1-21(2)26(22(3)4)27-28(34-27)29-31-20-33(32-29)30(23-14-8-5-9-15-23,24-16-10-6-11-17-24)25-18-12-7-13-19-25;1-4(2)3/h5-22,26-28H,1-4H3;4H,(H2,1,2,3). The molecule has 1 fully saturated rings. The van der Waals surface area contributed by atoms with Gasteiger partial charge in [0.05, 0.1) is 6.10 Å². The molecular weight excluding hydrogens is 497 g/mol. The van der Waals surface area contributed by atoms with Crippen LogP contribution < -0.4 is 0 Å². The fourth-order valence-electron chi connectivity index (χ4n) is 5.66. The van der Waals surface area contributed by atoms with Gasteiger partial charge in [0.1, 0.15) is 18.0 Å². The molecule has 0 aliphatic carbocycles. The summed E-state index contributed by atoms with van der Waals surface area (Å²) in [6, 6.07) is 31.7. The molecule has 8 heteroatoms. The monoisotopic (exact) mass is 533 g/mol. The van der Waals surface area contributed by atoms with Crippen molar-refractivity contribution >= 4 is 8.25 Å². The number of nitrogens with zero attached hydrogens (tertiary/aromatic N) is 3. The van der Waals surface area contributed by atoms with Crippen molar-refractivity contribution in [3.05, 3.63) is 120 Å². The van der Waals surface area contributed by atoms with E-state index >= 15 is 0 Å². The molecule has 0 spiro atoms. The average Bonchev–Trinajstić information content (AvgIpc) is 3.51. The molecule has 1 saturated heterocycles. The Morgan fingerprint density at radius 1 is 0.789 bits per heavy atom. The summed E-state index contributed by atoms with van der Waals surface area (Å²) in [7, 11) is -3.13. The van der Waals surface area contributed by atoms with Gasteiger partial charge in [0.2, 0.25) is 0 Å². The molecule has 0 bridgehead atoms. The molecule has 2 heterocycles. The maximum atomic E-state index is 8.74. The van der Waals surface area contributed by atoms with Gasteiger partial charge in [0.15, 0.2) is 5.82 Å². The number of benzene rings is 3. The van der Waals surface area contributed by atoms with Crippen molar-refractivity contribution in [1.29, 1.82) is 0 Å². The third-order valence-corrected chi connectivity index (χ3v) is 7.13. The lowest BCUT2D eigenvalue weighted by Gasteiger charge is -2.35. The first kappa shape index (κ1) is 27.9. The zero-order valence-corrected chi connectivity index (χ0v) is 23.2. The maximum Gasteiger partial charge on any atom is 0.314 e. The first-order chi connectivity index (χ1) is 18.3. The first-order valence-electron chi connectivity index (χ1n) is 12.9. The van der Waals surface area contributed by atoms with Gasteiger partial charge in [-0.15, -0.1) is 0 Å². The second-order valence-electron chi connectivity index (χ2n) is 10.2. The van der Waals surface area contributed by atoms with E-state index in [1.54, 1.807) is 0 Å². The summed E-state index contributed by atoms with van der Waals surface area (Å²) in [6.45, 7) is 9.11. The molecule has 3 aromatic carbocycles. The summed E-state index contributed by atoms with van der Waals surface area (Å²) in [5.74, 6) is 2.35. The fourth-order valence-corrected chi connectivity index (χ4v) is 5.66. The van der Waals surface area contributed by atoms with Crippen LogP contribution >= 0.6 is 8.25 Å². The van der Waals surface area contributed by atoms with Crippen molar-refractivity contribution < 1.29 is 19.1 Å². The Kier molecular flexibility index (Phi) is 8.95. The van der Waals surface area contributed by atoms with E-state index in [1.807, 2.05) is 11.0 Å². The molecule has 2 unspecified atom stereocenters. The minimum atomic E-state index is -3.13. The SMILES string of the molecule is CC(C)C(C(C)C)C1OC1c1ncn(C(c2ccccc2)(c2ccccc2)c2ccccc2)n1.O=[PH](O)O. The van der Waals surface area contributed by atoms with Crippen LogP contribution in [0.15, 0.2) is 97.3 Å². The Bertz CT molecular complexity index is 1200. The van der Waals surface area contributed by atoms with E-state index in [4.69, 9.17) is 29.2 Å². The zero-order chi connectivity index (χ0) is 27.3. The molecule has 2 atom stereocenters. The molecule has 38 heavy (non-hydrogen) atoms. The summed E-state index contributed by atoms with van der Waals surface area (Å²) in [6.07, 6.45) is 2.01. The van der Waals surface area contributed by atoms with E-state index in [0.29, 0.717) is 17.8 Å². The van der Waals surface area contributed by atoms with Crippen LogP contribution in [0.1, 0.15) is 56.3 Å². The van der Waals surface area contributed by atoms with Gasteiger partial charge in [0, 0.05) is 0 Å². The van der Waals surface area contributed by atoms with Crippen molar-refractivity contribution in [3.8, 4) is 0 Å². The van der Waals surface area contributed by atoms with Gasteiger partial charge in [-0.25, -0.2) is 9.67 Å². The molecule has 5 rings (SSSR count). The molecule has 1 aliphatic heterocycles. The summed E-state index contributed by atoms with van der Waals surface area (Å²) >= 11 is 0. The Labute approximate surface area is 225 Å². The van der Waals surface area contributed by atoms with Gasteiger partial charge in [-0.1, -0.05) is 119 Å². The molecular formula is C30H36N3O4P. The van der Waals surface area contributed by atoms with Gasteiger partial charge in [-0.05, 0) is 34.4 Å². The predicted molar refractivity (Wildman–Crippen MR) is 149 cm³/mol. The smallest absolute Gasteiger partial charge is 0.314 e. The summed E-state index contributed by atoms with van der Waals surface area (Å²) in [5, 5.41) is 5.11. The molecule has 0 saturated carbocycles. The van der Waals surface area contributed by atoms with Crippen molar-refractivity contribution in [3.63, 3.8) is 0 Å². The molecule has 0 amide bonds. The van der Waals surface area contributed by atoms with E-state index in [9.17, 15) is 0 Å². The normalized spacial score (nSPS) is 17.1. The zero-order valence-electron chi connectivity index (χ0n) is 22.2. The molecule has 4 aromatic rings. The van der Waals surface area contributed by atoms with Crippen LogP contribution in [0.2, 0.25) is 0 Å². The number of epoxide rings is 1. The minimum absolute atomic E-state index is 0.0453. The van der Waals surface area contributed by atoms with Crippen molar-refractivity contribution in [2.24, 2.45) is 17.8 Å². The molecule has 1 aliphatic rings. The second-order valence-corrected chi connectivity index (χ2v) is 10.8. The highest BCUT2D eigenvalue weighted by Crippen LogP contribution is 2.47. The van der Waals surface area contributed by atoms with E-state index in [2.05, 4.69) is 119 Å². The van der Waals surface area contributed by atoms with Crippen LogP contribution in [-0.2, 0) is 14.8 Å². The molecule has 2 N–H and O–H groups in total. The average molecular weight is 534 g/mol. The van der Waals surface area contributed by atoms with Gasteiger partial charge < -0.3 is 14.5 Å². The second kappa shape index (κ2) is 12.2. The van der Waals surface area contributed by atoms with Crippen LogP contribution in [0.25, 0.3) is 0 Å². The molecule has 1 aromatic heterocycles. The Hall–Kier alpha value is -3.09. The van der Waals surface area contributed by atoms with Gasteiger partial charge in [0.25, 0.3) is 0 Å². The largest absolute Gasteiger partial charge is 0.361 e. The highest BCUT2D eigenvalue weighted by Gasteiger charge is 2.50. The van der Waals surface area contributed by atoms with Crippen LogP contribution in [-0.4, -0.2) is 30.7 Å². The Balaban J connectivity index is 0.000000786. The molecule has 0 radical (unpaired) electrons. The van der Waals surface area contributed by atoms with Crippen LogP contribution in [0.5, 0.6) is 0 Å². The lowest BCUT2D eigenvalue weighted by molar-refractivity contribution is 0.212. The molecule has 7 nitrogen and oxygen atoms in total. The number of hydrogen-bond acceptors (Lipinski definition) is 4. The number of ether oxygens (including phenoxy) is 1. The Morgan fingerprint density at radius 3 is 1.55 bits per heavy atom. The predicted octanol–water partition coefficient (Wildman–Crippen LogP) is 5.85. The number of hydrogen-bond donors (Lipinski definition) is 2. The summed E-state index contributed by atoms with van der Waals surface area (Å²) in [5.41, 5.74) is 2.77. The highest BCUT2D eigenvalue weighted by molar-refractivity contribution is 7.30. The van der Waals surface area contributed by atoms with E-state index in [-0.39, 0.29) is 12.2 Å². The fraction of sp³-hybridized carbons (Fsp3) is 0.333. The van der Waals surface area contributed by atoms with Crippen molar-refractivity contribution in [2.45, 2.75) is 45.4 Å². The van der Waals surface area contributed by atoms with Crippen LogP contribution in [0.3, 0.4) is 0 Å². The first-order valence-corrected chi connectivity index (χ1v) is 14.2. The molecule has 200 valence electrons. The van der Waals surface area contributed by atoms with Gasteiger partial charge in [-0.3, -0.25) is 4.57 Å².